The molecule has 5 atom stereocenters. The number of pyridine rings is 1. The lowest BCUT2D eigenvalue weighted by Crippen LogP contribution is -2.74. The van der Waals surface area contributed by atoms with Crippen molar-refractivity contribution in [2.45, 2.75) is 56.9 Å². The molecule has 4 heterocycles. The molecule has 1 aromatic rings. The summed E-state index contributed by atoms with van der Waals surface area (Å²) in [6.07, 6.45) is 6.10. The molecule has 12 heteroatoms. The fourth-order valence-corrected chi connectivity index (χ4v) is 7.62. The molecule has 2 aliphatic carbocycles. The number of methoxy groups -OCH3 is 2. The van der Waals surface area contributed by atoms with Crippen molar-refractivity contribution in [1.82, 2.24) is 14.8 Å². The molecule has 5 aliphatic rings. The molecule has 0 unspecified atom stereocenters. The van der Waals surface area contributed by atoms with E-state index in [0.717, 1.165) is 5.56 Å². The van der Waals surface area contributed by atoms with Gasteiger partial charge in [0.25, 0.3) is 0 Å². The molecule has 1 aromatic heterocycles. The molecule has 12 nitrogen and oxygen atoms in total. The van der Waals surface area contributed by atoms with Crippen molar-refractivity contribution in [1.29, 1.82) is 5.26 Å². The molecule has 236 valence electrons. The third-order valence-corrected chi connectivity index (χ3v) is 9.71. The van der Waals surface area contributed by atoms with Crippen molar-refractivity contribution in [3.8, 4) is 6.07 Å². The molecule has 0 radical (unpaired) electrons. The molecule has 1 fully saturated rings. The van der Waals surface area contributed by atoms with Gasteiger partial charge in [-0.25, -0.2) is 4.79 Å². The maximum Gasteiger partial charge on any atom is 0.330 e. The number of aromatic nitrogens is 1. The first kappa shape index (κ1) is 31.0. The van der Waals surface area contributed by atoms with E-state index in [1.165, 1.54) is 27.2 Å². The molecule has 0 saturated carbocycles. The minimum Gasteiger partial charge on any atom is -0.492 e. The fourth-order valence-electron chi connectivity index (χ4n) is 7.62. The van der Waals surface area contributed by atoms with Crippen LogP contribution >= 0.6 is 0 Å². The summed E-state index contributed by atoms with van der Waals surface area (Å²) in [4.78, 5) is 75.8. The van der Waals surface area contributed by atoms with Crippen LogP contribution in [0.2, 0.25) is 0 Å². The van der Waals surface area contributed by atoms with Gasteiger partial charge in [0.05, 0.1) is 32.4 Å². The zero-order chi connectivity index (χ0) is 33.0. The summed E-state index contributed by atoms with van der Waals surface area (Å²) in [6.45, 7) is 2.70. The first-order valence-electron chi connectivity index (χ1n) is 14.8. The Kier molecular flexibility index (Phi) is 7.92. The number of piperazine rings is 1. The second kappa shape index (κ2) is 11.7. The molecular formula is C34H32N4O8. The molecule has 0 aromatic carbocycles. The Balaban J connectivity index is 1.46. The van der Waals surface area contributed by atoms with Crippen molar-refractivity contribution >= 4 is 35.2 Å². The molecule has 3 aliphatic heterocycles. The van der Waals surface area contributed by atoms with Crippen molar-refractivity contribution in [3.63, 3.8) is 0 Å². The van der Waals surface area contributed by atoms with Crippen molar-refractivity contribution in [2.24, 2.45) is 0 Å². The van der Waals surface area contributed by atoms with E-state index in [4.69, 9.17) is 14.2 Å². The summed E-state index contributed by atoms with van der Waals surface area (Å²) in [5.74, 6) is -2.50. The highest BCUT2D eigenvalue weighted by molar-refractivity contribution is 6.26. The maximum absolute atomic E-state index is 13.9. The summed E-state index contributed by atoms with van der Waals surface area (Å²) in [7, 11) is 4.44. The Morgan fingerprint density at radius 1 is 0.935 bits per heavy atom. The van der Waals surface area contributed by atoms with Gasteiger partial charge in [0, 0.05) is 64.0 Å². The van der Waals surface area contributed by atoms with E-state index in [1.807, 2.05) is 4.90 Å². The number of nitriles is 1. The first-order valence-corrected chi connectivity index (χ1v) is 14.8. The largest absolute Gasteiger partial charge is 0.492 e. The van der Waals surface area contributed by atoms with Crippen LogP contribution in [0.5, 0.6) is 0 Å². The maximum atomic E-state index is 13.9. The standard InChI is InChI=1S/C34H32N4O8/c1-16-29(40)19-13-22-28-27-20(30(41)17(2)34(45-5)32(27)43)12-21(37(28)3)23(14-35)38(22)24(26(19)31(42)33(16)44-4)15-46-25(39)7-6-18-8-10-36-11-9-18/h6-11,21-24,28H,12-13,15H2,1-5H3/b7-6+/t21-,22-,23-,24-,28+/m0/s1. The average Bonchev–Trinajstić information content (AvgIpc) is 3.05. The van der Waals surface area contributed by atoms with Crippen LogP contribution in [0.15, 0.2) is 75.6 Å². The number of carbonyl (C=O) groups excluding carboxylic acids is 5. The number of ether oxygens (including phenoxy) is 3. The summed E-state index contributed by atoms with van der Waals surface area (Å²) in [6, 6.07) is 1.93. The Morgan fingerprint density at radius 3 is 2.09 bits per heavy atom. The molecule has 1 saturated heterocycles. The number of Topliss-reactive ketones (excluding diaryl/α,β-unsaturated/α-hetero) is 4. The van der Waals surface area contributed by atoms with Crippen molar-refractivity contribution in [3.05, 3.63) is 81.1 Å². The van der Waals surface area contributed by atoms with E-state index >= 15 is 0 Å². The van der Waals surface area contributed by atoms with Crippen molar-refractivity contribution < 1.29 is 38.2 Å². The predicted octanol–water partition coefficient (Wildman–Crippen LogP) is 1.80. The van der Waals surface area contributed by atoms with Gasteiger partial charge in [0.15, 0.2) is 23.1 Å². The van der Waals surface area contributed by atoms with Gasteiger partial charge in [-0.05, 0) is 57.5 Å². The number of hydrogen-bond acceptors (Lipinski definition) is 12. The number of likely N-dealkylation sites (N-methyl/N-ethyl adjacent to an activating group) is 1. The number of hydrogen-bond donors (Lipinski definition) is 0. The van der Waals surface area contributed by atoms with Gasteiger partial charge in [0.2, 0.25) is 11.6 Å². The van der Waals surface area contributed by atoms with E-state index in [-0.39, 0.29) is 64.6 Å². The van der Waals surface area contributed by atoms with Crippen LogP contribution in [0.3, 0.4) is 0 Å². The monoisotopic (exact) mass is 624 g/mol. The minimum absolute atomic E-state index is 0.0177. The average molecular weight is 625 g/mol. The highest BCUT2D eigenvalue weighted by Gasteiger charge is 2.60. The summed E-state index contributed by atoms with van der Waals surface area (Å²) < 4.78 is 16.4. The van der Waals surface area contributed by atoms with Crippen LogP contribution in [-0.4, -0.2) is 102 Å². The molecule has 0 spiro atoms. The minimum atomic E-state index is -1.01. The van der Waals surface area contributed by atoms with Crippen LogP contribution < -0.4 is 0 Å². The topological polar surface area (TPSA) is 156 Å². The van der Waals surface area contributed by atoms with Crippen molar-refractivity contribution in [2.75, 3.05) is 27.9 Å². The SMILES string of the molecule is COC1=C(C)C(=O)C2=C(C1=O)[C@H]1[C@@H]3CC4=C(C(=O)C(OC)=C(C)C4=O)[C@H](COC(=O)/C=C/c4ccncc4)N3[C@@H](C#N)[C@H](C2)N1C. The Morgan fingerprint density at radius 2 is 1.50 bits per heavy atom. The van der Waals surface area contributed by atoms with Crippen LogP contribution in [0.4, 0.5) is 0 Å². The number of nitrogens with zero attached hydrogens (tertiary/aromatic N) is 4. The zero-order valence-electron chi connectivity index (χ0n) is 26.0. The lowest BCUT2D eigenvalue weighted by atomic mass is 9.67. The molecule has 6 rings (SSSR count). The number of rotatable bonds is 6. The Hall–Kier alpha value is -4.99. The highest BCUT2D eigenvalue weighted by Crippen LogP contribution is 2.49. The van der Waals surface area contributed by atoms with Gasteiger partial charge in [0.1, 0.15) is 12.6 Å². The third-order valence-electron chi connectivity index (χ3n) is 9.71. The van der Waals surface area contributed by atoms with E-state index < -0.39 is 53.5 Å². The summed E-state index contributed by atoms with van der Waals surface area (Å²) in [5, 5.41) is 10.6. The number of carbonyl (C=O) groups is 5. The Labute approximate surface area is 265 Å². The van der Waals surface area contributed by atoms with Gasteiger partial charge in [-0.3, -0.25) is 34.0 Å². The smallest absolute Gasteiger partial charge is 0.330 e. The van der Waals surface area contributed by atoms with Gasteiger partial charge in [-0.15, -0.1) is 0 Å². The molecule has 0 amide bonds. The Bertz CT molecular complexity index is 1790. The van der Waals surface area contributed by atoms with Crippen LogP contribution in [0, 0.1) is 11.3 Å². The summed E-state index contributed by atoms with van der Waals surface area (Å²) >= 11 is 0. The van der Waals surface area contributed by atoms with Gasteiger partial charge >= 0.3 is 5.97 Å². The number of allylic oxidation sites excluding steroid dienone is 4. The number of ketones is 4. The van der Waals surface area contributed by atoms with E-state index in [9.17, 15) is 29.2 Å². The van der Waals surface area contributed by atoms with Crippen LogP contribution in [-0.2, 0) is 38.2 Å². The predicted molar refractivity (Wildman–Crippen MR) is 161 cm³/mol. The number of fused-ring (bicyclic) bond motifs is 5. The zero-order valence-corrected chi connectivity index (χ0v) is 26.0. The summed E-state index contributed by atoms with van der Waals surface area (Å²) in [5.41, 5.74) is 1.98. The second-order valence-corrected chi connectivity index (χ2v) is 11.9. The molecule has 46 heavy (non-hydrogen) atoms. The van der Waals surface area contributed by atoms with E-state index in [1.54, 1.807) is 49.5 Å². The lowest BCUT2D eigenvalue weighted by Gasteiger charge is -2.60. The van der Waals surface area contributed by atoms with Gasteiger partial charge in [-0.1, -0.05) is 0 Å². The van der Waals surface area contributed by atoms with Crippen LogP contribution in [0.25, 0.3) is 6.08 Å². The van der Waals surface area contributed by atoms with Gasteiger partial charge in [-0.2, -0.15) is 5.26 Å². The normalized spacial score (nSPS) is 28.3. The molecule has 2 bridgehead atoms. The third kappa shape index (κ3) is 4.57. The quantitative estimate of drug-likeness (QED) is 0.257. The second-order valence-electron chi connectivity index (χ2n) is 11.9. The molecular weight excluding hydrogens is 592 g/mol. The van der Waals surface area contributed by atoms with E-state index in [2.05, 4.69) is 11.1 Å². The number of esters is 1. The lowest BCUT2D eigenvalue weighted by molar-refractivity contribution is -0.142. The first-order chi connectivity index (χ1) is 22.0. The van der Waals surface area contributed by atoms with E-state index in [0.29, 0.717) is 5.57 Å². The highest BCUT2D eigenvalue weighted by atomic mass is 16.5. The van der Waals surface area contributed by atoms with Crippen LogP contribution in [0.1, 0.15) is 32.3 Å². The fraction of sp³-hybridized carbons (Fsp3) is 0.382. The molecule has 0 N–H and O–H groups in total. The van der Waals surface area contributed by atoms with Gasteiger partial charge < -0.3 is 14.2 Å².